The van der Waals surface area contributed by atoms with Crippen LogP contribution in [0.15, 0.2) is 48.5 Å². The first kappa shape index (κ1) is 18.1. The van der Waals surface area contributed by atoms with Crippen molar-refractivity contribution in [1.29, 1.82) is 5.26 Å². The maximum absolute atomic E-state index is 12.2. The van der Waals surface area contributed by atoms with Crippen molar-refractivity contribution in [3.05, 3.63) is 59.7 Å². The third-order valence-corrected chi connectivity index (χ3v) is 4.20. The van der Waals surface area contributed by atoms with Gasteiger partial charge in [0, 0.05) is 29.9 Å². The SMILES string of the molecule is N#Cc1cccc(NC(=O)CNC(=O)c2ccc(N3CCCC3=O)cc2)c1. The number of benzene rings is 2. The summed E-state index contributed by atoms with van der Waals surface area (Å²) in [6.07, 6.45) is 1.39. The summed E-state index contributed by atoms with van der Waals surface area (Å²) in [4.78, 5) is 37.6. The highest BCUT2D eigenvalue weighted by Gasteiger charge is 2.21. The third kappa shape index (κ3) is 4.50. The fraction of sp³-hybridized carbons (Fsp3) is 0.200. The lowest BCUT2D eigenvalue weighted by Gasteiger charge is -2.15. The molecule has 0 bridgehead atoms. The van der Waals surface area contributed by atoms with Crippen LogP contribution in [-0.2, 0) is 9.59 Å². The minimum Gasteiger partial charge on any atom is -0.343 e. The first-order chi connectivity index (χ1) is 13.1. The normalized spacial score (nSPS) is 13.1. The molecule has 0 atom stereocenters. The Hall–Kier alpha value is -3.66. The number of nitrogens with zero attached hydrogens (tertiary/aromatic N) is 2. The van der Waals surface area contributed by atoms with Crippen LogP contribution in [0.4, 0.5) is 11.4 Å². The summed E-state index contributed by atoms with van der Waals surface area (Å²) < 4.78 is 0. The number of anilines is 2. The lowest BCUT2D eigenvalue weighted by atomic mass is 10.2. The molecule has 7 heteroatoms. The molecule has 3 rings (SSSR count). The number of nitrogens with one attached hydrogen (secondary N) is 2. The van der Waals surface area contributed by atoms with Gasteiger partial charge in [-0.25, -0.2) is 0 Å². The fourth-order valence-electron chi connectivity index (χ4n) is 2.85. The molecule has 1 saturated heterocycles. The minimum absolute atomic E-state index is 0.0874. The molecule has 0 saturated carbocycles. The number of carbonyl (C=O) groups is 3. The second-order valence-corrected chi connectivity index (χ2v) is 6.12. The molecule has 3 amide bonds. The molecular formula is C20H18N4O3. The lowest BCUT2D eigenvalue weighted by Crippen LogP contribution is -2.32. The van der Waals surface area contributed by atoms with Gasteiger partial charge in [-0.2, -0.15) is 5.26 Å². The highest BCUT2D eigenvalue weighted by molar-refractivity contribution is 6.00. The van der Waals surface area contributed by atoms with Crippen LogP contribution in [0.2, 0.25) is 0 Å². The number of carbonyl (C=O) groups excluding carboxylic acids is 3. The van der Waals surface area contributed by atoms with Crippen LogP contribution in [-0.4, -0.2) is 30.8 Å². The quantitative estimate of drug-likeness (QED) is 0.850. The van der Waals surface area contributed by atoms with Crippen molar-refractivity contribution in [2.75, 3.05) is 23.3 Å². The number of hydrogen-bond acceptors (Lipinski definition) is 4. The van der Waals surface area contributed by atoms with Crippen LogP contribution in [0.25, 0.3) is 0 Å². The van der Waals surface area contributed by atoms with Gasteiger partial charge in [0.15, 0.2) is 0 Å². The first-order valence-electron chi connectivity index (χ1n) is 8.55. The van der Waals surface area contributed by atoms with E-state index < -0.39 is 5.91 Å². The molecule has 0 aromatic heterocycles. The molecular weight excluding hydrogens is 344 g/mol. The summed E-state index contributed by atoms with van der Waals surface area (Å²) in [7, 11) is 0. The number of hydrogen-bond donors (Lipinski definition) is 2. The largest absolute Gasteiger partial charge is 0.343 e. The summed E-state index contributed by atoms with van der Waals surface area (Å²) >= 11 is 0. The summed E-state index contributed by atoms with van der Waals surface area (Å²) in [6.45, 7) is 0.500. The monoisotopic (exact) mass is 362 g/mol. The Balaban J connectivity index is 1.53. The summed E-state index contributed by atoms with van der Waals surface area (Å²) in [5.41, 5.74) is 2.11. The zero-order chi connectivity index (χ0) is 19.2. The van der Waals surface area contributed by atoms with Crippen molar-refractivity contribution in [1.82, 2.24) is 5.32 Å². The molecule has 27 heavy (non-hydrogen) atoms. The van der Waals surface area contributed by atoms with Crippen molar-refractivity contribution >= 4 is 29.1 Å². The van der Waals surface area contributed by atoms with Gasteiger partial charge in [-0.15, -0.1) is 0 Å². The number of amides is 3. The smallest absolute Gasteiger partial charge is 0.251 e. The van der Waals surface area contributed by atoms with Gasteiger partial charge in [-0.1, -0.05) is 6.07 Å². The molecule has 136 valence electrons. The number of rotatable bonds is 5. The number of nitriles is 1. The molecule has 1 fully saturated rings. The molecule has 1 aliphatic rings. The van der Waals surface area contributed by atoms with E-state index in [1.807, 2.05) is 6.07 Å². The van der Waals surface area contributed by atoms with Crippen molar-refractivity contribution in [3.63, 3.8) is 0 Å². The second kappa shape index (κ2) is 8.15. The van der Waals surface area contributed by atoms with Gasteiger partial charge < -0.3 is 15.5 Å². The van der Waals surface area contributed by atoms with Crippen LogP contribution in [0.3, 0.4) is 0 Å². The molecule has 2 aromatic carbocycles. The van der Waals surface area contributed by atoms with E-state index in [2.05, 4.69) is 10.6 Å². The molecule has 0 aliphatic carbocycles. The highest BCUT2D eigenvalue weighted by atomic mass is 16.2. The second-order valence-electron chi connectivity index (χ2n) is 6.12. The molecule has 7 nitrogen and oxygen atoms in total. The highest BCUT2D eigenvalue weighted by Crippen LogP contribution is 2.21. The van der Waals surface area contributed by atoms with E-state index in [1.54, 1.807) is 53.4 Å². The van der Waals surface area contributed by atoms with Crippen molar-refractivity contribution in [2.24, 2.45) is 0 Å². The first-order valence-corrected chi connectivity index (χ1v) is 8.55. The molecule has 2 aromatic rings. The average Bonchev–Trinajstić information content (AvgIpc) is 3.12. The summed E-state index contributed by atoms with van der Waals surface area (Å²) in [6, 6.07) is 15.2. The van der Waals surface area contributed by atoms with Crippen molar-refractivity contribution < 1.29 is 14.4 Å². The average molecular weight is 362 g/mol. The Bertz CT molecular complexity index is 916. The summed E-state index contributed by atoms with van der Waals surface area (Å²) in [5, 5.41) is 14.0. The molecule has 1 heterocycles. The van der Waals surface area contributed by atoms with Gasteiger partial charge in [0.05, 0.1) is 18.2 Å². The van der Waals surface area contributed by atoms with Gasteiger partial charge in [-0.3, -0.25) is 14.4 Å². The predicted molar refractivity (Wildman–Crippen MR) is 100 cm³/mol. The standard InChI is InChI=1S/C20H18N4O3/c21-12-14-3-1-4-16(11-14)23-18(25)13-22-20(27)15-6-8-17(9-7-15)24-10-2-5-19(24)26/h1,3-4,6-9,11H,2,5,10,13H2,(H,22,27)(H,23,25). The van der Waals surface area contributed by atoms with E-state index in [-0.39, 0.29) is 18.4 Å². The lowest BCUT2D eigenvalue weighted by molar-refractivity contribution is -0.117. The van der Waals surface area contributed by atoms with E-state index in [9.17, 15) is 14.4 Å². The molecule has 0 unspecified atom stereocenters. The van der Waals surface area contributed by atoms with Gasteiger partial charge in [0.25, 0.3) is 5.91 Å². The van der Waals surface area contributed by atoms with Gasteiger partial charge in [0.1, 0.15) is 0 Å². The topological polar surface area (TPSA) is 102 Å². The predicted octanol–water partition coefficient (Wildman–Crippen LogP) is 2.05. The van der Waals surface area contributed by atoms with Crippen LogP contribution < -0.4 is 15.5 Å². The van der Waals surface area contributed by atoms with E-state index in [0.717, 1.165) is 12.1 Å². The Kier molecular flexibility index (Phi) is 5.47. The molecule has 0 radical (unpaired) electrons. The molecule has 0 spiro atoms. The molecule has 2 N–H and O–H groups in total. The maximum atomic E-state index is 12.2. The molecule has 1 aliphatic heterocycles. The van der Waals surface area contributed by atoms with Crippen LogP contribution in [0.5, 0.6) is 0 Å². The Morgan fingerprint density at radius 3 is 2.59 bits per heavy atom. The van der Waals surface area contributed by atoms with E-state index in [4.69, 9.17) is 5.26 Å². The van der Waals surface area contributed by atoms with E-state index in [0.29, 0.717) is 29.8 Å². The Morgan fingerprint density at radius 2 is 1.93 bits per heavy atom. The van der Waals surface area contributed by atoms with E-state index >= 15 is 0 Å². The van der Waals surface area contributed by atoms with Gasteiger partial charge in [0.2, 0.25) is 11.8 Å². The third-order valence-electron chi connectivity index (χ3n) is 4.20. The van der Waals surface area contributed by atoms with Crippen molar-refractivity contribution in [3.8, 4) is 6.07 Å². The van der Waals surface area contributed by atoms with Crippen LogP contribution >= 0.6 is 0 Å². The van der Waals surface area contributed by atoms with Gasteiger partial charge >= 0.3 is 0 Å². The minimum atomic E-state index is -0.391. The Morgan fingerprint density at radius 1 is 1.15 bits per heavy atom. The fourth-order valence-corrected chi connectivity index (χ4v) is 2.85. The van der Waals surface area contributed by atoms with Crippen LogP contribution in [0.1, 0.15) is 28.8 Å². The zero-order valence-electron chi connectivity index (χ0n) is 14.6. The maximum Gasteiger partial charge on any atom is 0.251 e. The van der Waals surface area contributed by atoms with Crippen molar-refractivity contribution in [2.45, 2.75) is 12.8 Å². The zero-order valence-corrected chi connectivity index (χ0v) is 14.6. The van der Waals surface area contributed by atoms with Gasteiger partial charge in [-0.05, 0) is 48.9 Å². The Labute approximate surface area is 156 Å². The van der Waals surface area contributed by atoms with E-state index in [1.165, 1.54) is 0 Å². The summed E-state index contributed by atoms with van der Waals surface area (Å²) in [5.74, 6) is -0.683. The van der Waals surface area contributed by atoms with Crippen LogP contribution in [0, 0.1) is 11.3 Å².